The number of nitrogens with one attached hydrogen (secondary N) is 1. The second-order valence-electron chi connectivity index (χ2n) is 3.05. The first-order chi connectivity index (χ1) is 7.08. The molecule has 1 aromatic heterocycles. The summed E-state index contributed by atoms with van der Waals surface area (Å²) in [4.78, 5) is 7.64. The minimum Gasteiger partial charge on any atom is -0.227 e. The van der Waals surface area contributed by atoms with E-state index in [1.165, 1.54) is 10.5 Å². The Kier molecular flexibility index (Phi) is 2.87. The van der Waals surface area contributed by atoms with E-state index < -0.39 is 10.2 Å². The van der Waals surface area contributed by atoms with E-state index in [0.29, 0.717) is 18.8 Å². The van der Waals surface area contributed by atoms with Crippen molar-refractivity contribution < 1.29 is 8.42 Å². The van der Waals surface area contributed by atoms with Crippen molar-refractivity contribution in [2.45, 2.75) is 6.54 Å². The van der Waals surface area contributed by atoms with E-state index in [1.54, 1.807) is 6.07 Å². The second kappa shape index (κ2) is 4.01. The van der Waals surface area contributed by atoms with E-state index >= 15 is 0 Å². The number of hydrogen-bond donors (Lipinski definition) is 1. The molecular weight excluding hydrogens is 240 g/mol. The Labute approximate surface area is 92.5 Å². The third kappa shape index (κ3) is 2.43. The quantitative estimate of drug-likeness (QED) is 0.735. The van der Waals surface area contributed by atoms with Gasteiger partial charge in [0.1, 0.15) is 0 Å². The zero-order valence-electron chi connectivity index (χ0n) is 7.72. The molecule has 0 spiro atoms. The molecule has 0 unspecified atom stereocenters. The highest BCUT2D eigenvalue weighted by Crippen LogP contribution is 2.10. The van der Waals surface area contributed by atoms with E-state index in [4.69, 9.17) is 11.6 Å². The Hall–Kier alpha value is -0.760. The highest BCUT2D eigenvalue weighted by Gasteiger charge is 2.27. The van der Waals surface area contributed by atoms with Gasteiger partial charge in [0.2, 0.25) is 5.28 Å². The van der Waals surface area contributed by atoms with E-state index in [0.717, 1.165) is 0 Å². The summed E-state index contributed by atoms with van der Waals surface area (Å²) in [5, 5.41) is 0.122. The molecule has 8 heteroatoms. The Morgan fingerprint density at radius 2 is 2.40 bits per heavy atom. The molecule has 0 aliphatic carbocycles. The third-order valence-electron chi connectivity index (χ3n) is 2.01. The van der Waals surface area contributed by atoms with E-state index in [1.807, 2.05) is 0 Å². The fourth-order valence-electron chi connectivity index (χ4n) is 1.31. The Morgan fingerprint density at radius 3 is 3.00 bits per heavy atom. The fourth-order valence-corrected chi connectivity index (χ4v) is 2.64. The number of hydrogen-bond acceptors (Lipinski definition) is 4. The predicted octanol–water partition coefficient (Wildman–Crippen LogP) is -0.220. The fraction of sp³-hybridized carbons (Fsp3) is 0.429. The topological polar surface area (TPSA) is 75.2 Å². The van der Waals surface area contributed by atoms with Gasteiger partial charge in [-0.05, 0) is 17.7 Å². The van der Waals surface area contributed by atoms with Crippen molar-refractivity contribution >= 4 is 21.8 Å². The van der Waals surface area contributed by atoms with Gasteiger partial charge in [-0.1, -0.05) is 0 Å². The SMILES string of the molecule is O=S1(=O)NCCN1Cc1ccnc(Cl)n1. The van der Waals surface area contributed by atoms with Crippen LogP contribution in [0.5, 0.6) is 0 Å². The smallest absolute Gasteiger partial charge is 0.227 e. The number of rotatable bonds is 2. The van der Waals surface area contributed by atoms with Gasteiger partial charge in [0.05, 0.1) is 12.2 Å². The minimum absolute atomic E-state index is 0.122. The second-order valence-corrected chi connectivity index (χ2v) is 5.14. The molecule has 0 aromatic carbocycles. The first-order valence-electron chi connectivity index (χ1n) is 4.30. The van der Waals surface area contributed by atoms with Gasteiger partial charge in [-0.2, -0.15) is 12.7 Å². The molecule has 0 radical (unpaired) electrons. The van der Waals surface area contributed by atoms with Gasteiger partial charge in [-0.25, -0.2) is 14.7 Å². The molecule has 1 aliphatic heterocycles. The van der Waals surface area contributed by atoms with Crippen molar-refractivity contribution in [3.05, 3.63) is 23.2 Å². The average molecular weight is 249 g/mol. The van der Waals surface area contributed by atoms with Crippen LogP contribution in [-0.4, -0.2) is 35.8 Å². The molecule has 1 fully saturated rings. The lowest BCUT2D eigenvalue weighted by atomic mass is 10.4. The summed E-state index contributed by atoms with van der Waals surface area (Å²) >= 11 is 5.60. The summed E-state index contributed by atoms with van der Waals surface area (Å²) in [6.07, 6.45) is 1.50. The van der Waals surface area contributed by atoms with Gasteiger partial charge in [0, 0.05) is 19.3 Å². The van der Waals surface area contributed by atoms with Crippen LogP contribution in [0.1, 0.15) is 5.69 Å². The van der Waals surface area contributed by atoms with Crippen LogP contribution in [0.25, 0.3) is 0 Å². The van der Waals surface area contributed by atoms with Crippen molar-refractivity contribution in [2.24, 2.45) is 0 Å². The zero-order chi connectivity index (χ0) is 10.9. The summed E-state index contributed by atoms with van der Waals surface area (Å²) in [7, 11) is -3.32. The standard InChI is InChI=1S/C7H9ClN4O2S/c8-7-9-2-1-6(11-7)5-12-4-3-10-15(12,13)14/h1-2,10H,3-5H2. The number of halogens is 1. The Morgan fingerprint density at radius 1 is 1.60 bits per heavy atom. The number of aromatic nitrogens is 2. The summed E-state index contributed by atoms with van der Waals surface area (Å²) in [6.45, 7) is 1.10. The van der Waals surface area contributed by atoms with Crippen LogP contribution in [0.15, 0.2) is 12.3 Å². The van der Waals surface area contributed by atoms with Crippen LogP contribution in [0.3, 0.4) is 0 Å². The molecule has 0 saturated carbocycles. The van der Waals surface area contributed by atoms with Crippen LogP contribution in [0, 0.1) is 0 Å². The van der Waals surface area contributed by atoms with Crippen LogP contribution < -0.4 is 4.72 Å². The normalized spacial score (nSPS) is 20.6. The summed E-state index contributed by atoms with van der Waals surface area (Å²) in [5.74, 6) is 0. The van der Waals surface area contributed by atoms with Crippen LogP contribution in [0.4, 0.5) is 0 Å². The van der Waals surface area contributed by atoms with Gasteiger partial charge in [-0.15, -0.1) is 0 Å². The van der Waals surface area contributed by atoms with Crippen LogP contribution in [0.2, 0.25) is 5.28 Å². The summed E-state index contributed by atoms with van der Waals surface area (Å²) < 4.78 is 26.5. The van der Waals surface area contributed by atoms with Crippen LogP contribution >= 0.6 is 11.6 Å². The minimum atomic E-state index is -3.32. The maximum Gasteiger partial charge on any atom is 0.279 e. The monoisotopic (exact) mass is 248 g/mol. The molecule has 2 heterocycles. The first kappa shape index (κ1) is 10.7. The molecular formula is C7H9ClN4O2S. The van der Waals surface area contributed by atoms with Gasteiger partial charge in [0.25, 0.3) is 10.2 Å². The summed E-state index contributed by atoms with van der Waals surface area (Å²) in [6, 6.07) is 1.64. The molecule has 0 atom stereocenters. The van der Waals surface area contributed by atoms with E-state index in [-0.39, 0.29) is 11.8 Å². The molecule has 6 nitrogen and oxygen atoms in total. The number of nitrogens with zero attached hydrogens (tertiary/aromatic N) is 3. The molecule has 1 aromatic rings. The molecule has 1 N–H and O–H groups in total. The lowest BCUT2D eigenvalue weighted by molar-refractivity contribution is 0.440. The molecule has 0 bridgehead atoms. The third-order valence-corrected chi connectivity index (χ3v) is 3.75. The van der Waals surface area contributed by atoms with Crippen LogP contribution in [-0.2, 0) is 16.8 Å². The lowest BCUT2D eigenvalue weighted by Crippen LogP contribution is -2.29. The first-order valence-corrected chi connectivity index (χ1v) is 6.12. The molecule has 15 heavy (non-hydrogen) atoms. The summed E-state index contributed by atoms with van der Waals surface area (Å²) in [5.41, 5.74) is 0.585. The largest absolute Gasteiger partial charge is 0.279 e. The van der Waals surface area contributed by atoms with Gasteiger partial charge in [0.15, 0.2) is 0 Å². The Balaban J connectivity index is 2.16. The van der Waals surface area contributed by atoms with Gasteiger partial charge >= 0.3 is 0 Å². The van der Waals surface area contributed by atoms with Crippen molar-refractivity contribution in [1.29, 1.82) is 0 Å². The van der Waals surface area contributed by atoms with Gasteiger partial charge < -0.3 is 0 Å². The molecule has 1 saturated heterocycles. The maximum atomic E-state index is 11.4. The van der Waals surface area contributed by atoms with Crippen molar-refractivity contribution in [3.63, 3.8) is 0 Å². The maximum absolute atomic E-state index is 11.4. The molecule has 1 aliphatic rings. The van der Waals surface area contributed by atoms with Crippen molar-refractivity contribution in [1.82, 2.24) is 19.0 Å². The van der Waals surface area contributed by atoms with Gasteiger partial charge in [-0.3, -0.25) is 0 Å². The van der Waals surface area contributed by atoms with Crippen molar-refractivity contribution in [3.8, 4) is 0 Å². The van der Waals surface area contributed by atoms with E-state index in [9.17, 15) is 8.42 Å². The zero-order valence-corrected chi connectivity index (χ0v) is 9.29. The molecule has 0 amide bonds. The van der Waals surface area contributed by atoms with Crippen molar-refractivity contribution in [2.75, 3.05) is 13.1 Å². The molecule has 82 valence electrons. The highest BCUT2D eigenvalue weighted by molar-refractivity contribution is 7.87. The molecule has 2 rings (SSSR count). The average Bonchev–Trinajstić information content (AvgIpc) is 2.46. The predicted molar refractivity (Wildman–Crippen MR) is 54.4 cm³/mol. The van der Waals surface area contributed by atoms with E-state index in [2.05, 4.69) is 14.7 Å². The lowest BCUT2D eigenvalue weighted by Gasteiger charge is -2.11. The Bertz CT molecular complexity index is 464. The highest BCUT2D eigenvalue weighted by atomic mass is 35.5.